The maximum atomic E-state index is 6.13. The zero-order chi connectivity index (χ0) is 13.7. The van der Waals surface area contributed by atoms with Gasteiger partial charge in [-0.25, -0.2) is 9.97 Å². The van der Waals surface area contributed by atoms with Gasteiger partial charge in [0, 0.05) is 13.7 Å². The third-order valence-corrected chi connectivity index (χ3v) is 4.11. The van der Waals surface area contributed by atoms with Gasteiger partial charge in [-0.15, -0.1) is 0 Å². The van der Waals surface area contributed by atoms with Gasteiger partial charge in [-0.3, -0.25) is 0 Å². The molecule has 0 fully saturated rings. The highest BCUT2D eigenvalue weighted by atomic mass is 127. The van der Waals surface area contributed by atoms with Crippen molar-refractivity contribution in [1.29, 1.82) is 0 Å². The average Bonchev–Trinajstić information content (AvgIpc) is 2.31. The van der Waals surface area contributed by atoms with E-state index in [0.29, 0.717) is 24.2 Å². The number of hydrogen-bond donors (Lipinski definition) is 0. The lowest BCUT2D eigenvalue weighted by Gasteiger charge is -2.20. The van der Waals surface area contributed by atoms with Crippen molar-refractivity contribution in [2.75, 3.05) is 13.7 Å². The summed E-state index contributed by atoms with van der Waals surface area (Å²) in [6.07, 6.45) is -0.139. The van der Waals surface area contributed by atoms with Gasteiger partial charge in [-0.2, -0.15) is 0 Å². The lowest BCUT2D eigenvalue weighted by Crippen LogP contribution is -2.16. The number of ether oxygens (including phenoxy) is 2. The molecule has 6 heteroatoms. The van der Waals surface area contributed by atoms with Crippen molar-refractivity contribution in [3.05, 3.63) is 20.2 Å². The molecule has 0 saturated heterocycles. The highest BCUT2D eigenvalue weighted by Gasteiger charge is 2.22. The molecule has 0 N–H and O–H groups in total. The fraction of sp³-hybridized carbons (Fsp3) is 0.667. The van der Waals surface area contributed by atoms with E-state index >= 15 is 0 Å². The van der Waals surface area contributed by atoms with Crippen LogP contribution in [0.2, 0.25) is 5.15 Å². The summed E-state index contributed by atoms with van der Waals surface area (Å²) in [4.78, 5) is 8.83. The third-order valence-electron chi connectivity index (χ3n) is 2.38. The SMILES string of the molecule is CCOC(c1nc(Cl)c(I)c(COC)n1)C(C)C. The summed E-state index contributed by atoms with van der Waals surface area (Å²) in [5, 5.41) is 0.456. The van der Waals surface area contributed by atoms with E-state index in [9.17, 15) is 0 Å². The van der Waals surface area contributed by atoms with Crippen LogP contribution in [0.4, 0.5) is 0 Å². The standard InChI is InChI=1S/C12H18ClIN2O2/c1-5-18-10(7(2)3)12-15-8(6-17-4)9(14)11(13)16-12/h7,10H,5-6H2,1-4H3. The van der Waals surface area contributed by atoms with Crippen LogP contribution < -0.4 is 0 Å². The fourth-order valence-corrected chi connectivity index (χ4v) is 2.18. The third kappa shape index (κ3) is 4.01. The maximum absolute atomic E-state index is 6.13. The number of halogens is 2. The average molecular weight is 385 g/mol. The summed E-state index contributed by atoms with van der Waals surface area (Å²) in [5.41, 5.74) is 0.804. The second-order valence-corrected chi connectivity index (χ2v) is 5.62. The van der Waals surface area contributed by atoms with E-state index < -0.39 is 0 Å². The predicted molar refractivity (Wildman–Crippen MR) is 79.7 cm³/mol. The summed E-state index contributed by atoms with van der Waals surface area (Å²) >= 11 is 8.26. The first-order valence-electron chi connectivity index (χ1n) is 5.83. The normalized spacial score (nSPS) is 13.1. The molecule has 1 rings (SSSR count). The zero-order valence-corrected chi connectivity index (χ0v) is 13.9. The first-order valence-corrected chi connectivity index (χ1v) is 7.29. The minimum absolute atomic E-state index is 0.139. The van der Waals surface area contributed by atoms with Crippen molar-refractivity contribution in [1.82, 2.24) is 9.97 Å². The van der Waals surface area contributed by atoms with Gasteiger partial charge in [0.2, 0.25) is 0 Å². The Bertz CT molecular complexity index is 402. The Balaban J connectivity index is 3.14. The number of methoxy groups -OCH3 is 1. The van der Waals surface area contributed by atoms with Crippen LogP contribution >= 0.6 is 34.2 Å². The summed E-state index contributed by atoms with van der Waals surface area (Å²) in [6, 6.07) is 0. The molecule has 4 nitrogen and oxygen atoms in total. The minimum atomic E-state index is -0.139. The van der Waals surface area contributed by atoms with Gasteiger partial charge in [-0.05, 0) is 35.4 Å². The zero-order valence-electron chi connectivity index (χ0n) is 11.0. The summed E-state index contributed by atoms with van der Waals surface area (Å²) in [5.74, 6) is 0.917. The molecule has 0 aliphatic heterocycles. The number of hydrogen-bond acceptors (Lipinski definition) is 4. The molecule has 0 aliphatic carbocycles. The van der Waals surface area contributed by atoms with Crippen LogP contribution in [0.1, 0.15) is 38.4 Å². The molecule has 1 unspecified atom stereocenters. The molecule has 18 heavy (non-hydrogen) atoms. The first kappa shape index (κ1) is 16.1. The van der Waals surface area contributed by atoms with E-state index in [0.717, 1.165) is 9.26 Å². The topological polar surface area (TPSA) is 44.2 Å². The van der Waals surface area contributed by atoms with Crippen molar-refractivity contribution >= 4 is 34.2 Å². The molecule has 1 heterocycles. The van der Waals surface area contributed by atoms with Gasteiger partial charge in [0.25, 0.3) is 0 Å². The lowest BCUT2D eigenvalue weighted by molar-refractivity contribution is 0.0227. The number of nitrogens with zero attached hydrogens (tertiary/aromatic N) is 2. The molecule has 0 saturated carbocycles. The largest absolute Gasteiger partial charge is 0.378 e. The molecule has 0 aliphatic rings. The molecule has 1 atom stereocenters. The Labute approximate surface area is 127 Å². The highest BCUT2D eigenvalue weighted by molar-refractivity contribution is 14.1. The van der Waals surface area contributed by atoms with E-state index in [1.165, 1.54) is 0 Å². The van der Waals surface area contributed by atoms with Gasteiger partial charge in [0.05, 0.1) is 15.9 Å². The molecular weight excluding hydrogens is 367 g/mol. The van der Waals surface area contributed by atoms with E-state index in [1.807, 2.05) is 6.92 Å². The summed E-state index contributed by atoms with van der Waals surface area (Å²) in [6.45, 7) is 7.15. The van der Waals surface area contributed by atoms with E-state index in [-0.39, 0.29) is 12.0 Å². The van der Waals surface area contributed by atoms with E-state index in [1.54, 1.807) is 7.11 Å². The van der Waals surface area contributed by atoms with Gasteiger partial charge in [0.1, 0.15) is 11.3 Å². The van der Waals surface area contributed by atoms with E-state index in [4.69, 9.17) is 21.1 Å². The second-order valence-electron chi connectivity index (χ2n) is 4.19. The number of rotatable bonds is 6. The van der Waals surface area contributed by atoms with Crippen molar-refractivity contribution in [2.45, 2.75) is 33.5 Å². The van der Waals surface area contributed by atoms with Crippen molar-refractivity contribution in [3.63, 3.8) is 0 Å². The van der Waals surface area contributed by atoms with Crippen molar-refractivity contribution < 1.29 is 9.47 Å². The molecule has 0 amide bonds. The van der Waals surface area contributed by atoms with Crippen LogP contribution in [0.5, 0.6) is 0 Å². The van der Waals surface area contributed by atoms with E-state index in [2.05, 4.69) is 46.4 Å². The van der Waals surface area contributed by atoms with Crippen LogP contribution in [0.25, 0.3) is 0 Å². The van der Waals surface area contributed by atoms with Crippen LogP contribution in [-0.2, 0) is 16.1 Å². The van der Waals surface area contributed by atoms with Crippen LogP contribution in [0.15, 0.2) is 0 Å². The molecule has 0 spiro atoms. The highest BCUT2D eigenvalue weighted by Crippen LogP contribution is 2.27. The second kappa shape index (κ2) is 7.57. The molecule has 0 bridgehead atoms. The van der Waals surface area contributed by atoms with Crippen LogP contribution in [0.3, 0.4) is 0 Å². The molecule has 1 aromatic rings. The fourth-order valence-electron chi connectivity index (χ4n) is 1.59. The Kier molecular flexibility index (Phi) is 6.76. The van der Waals surface area contributed by atoms with Crippen LogP contribution in [-0.4, -0.2) is 23.7 Å². The maximum Gasteiger partial charge on any atom is 0.159 e. The lowest BCUT2D eigenvalue weighted by atomic mass is 10.1. The van der Waals surface area contributed by atoms with Crippen molar-refractivity contribution in [2.24, 2.45) is 5.92 Å². The van der Waals surface area contributed by atoms with Gasteiger partial charge >= 0.3 is 0 Å². The Hall–Kier alpha value is 0.0200. The summed E-state index contributed by atoms with van der Waals surface area (Å²) in [7, 11) is 1.63. The van der Waals surface area contributed by atoms with Gasteiger partial charge in [-0.1, -0.05) is 25.4 Å². The first-order chi connectivity index (χ1) is 8.51. The molecular formula is C12H18ClIN2O2. The molecule has 0 radical (unpaired) electrons. The number of aromatic nitrogens is 2. The summed E-state index contributed by atoms with van der Waals surface area (Å²) < 4.78 is 11.6. The molecule has 0 aromatic carbocycles. The Morgan fingerprint density at radius 1 is 1.33 bits per heavy atom. The Morgan fingerprint density at radius 2 is 2.00 bits per heavy atom. The molecule has 1 aromatic heterocycles. The predicted octanol–water partition coefficient (Wildman–Crippen LogP) is 3.61. The van der Waals surface area contributed by atoms with Gasteiger partial charge < -0.3 is 9.47 Å². The van der Waals surface area contributed by atoms with Crippen LogP contribution in [0, 0.1) is 9.49 Å². The Morgan fingerprint density at radius 3 is 2.50 bits per heavy atom. The molecule has 102 valence electrons. The van der Waals surface area contributed by atoms with Gasteiger partial charge in [0.15, 0.2) is 5.82 Å². The minimum Gasteiger partial charge on any atom is -0.378 e. The van der Waals surface area contributed by atoms with Crippen molar-refractivity contribution in [3.8, 4) is 0 Å². The smallest absolute Gasteiger partial charge is 0.159 e. The quantitative estimate of drug-likeness (QED) is 0.555. The monoisotopic (exact) mass is 384 g/mol.